The Morgan fingerprint density at radius 2 is 1.03 bits per heavy atom. The Morgan fingerprint density at radius 1 is 0.645 bits per heavy atom. The first-order chi connectivity index (χ1) is 15.0. The summed E-state index contributed by atoms with van der Waals surface area (Å²) in [5.74, 6) is -4.37. The van der Waals surface area contributed by atoms with Gasteiger partial charge in [0, 0.05) is 0 Å². The highest BCUT2D eigenvalue weighted by Crippen LogP contribution is 2.48. The molecule has 2 aliphatic rings. The topological polar surface area (TPSA) is 111 Å². The molecule has 0 saturated heterocycles. The third-order valence-corrected chi connectivity index (χ3v) is 5.57. The van der Waals surface area contributed by atoms with Crippen molar-refractivity contribution < 1.29 is 28.9 Å². The second-order valence-electron chi connectivity index (χ2n) is 7.44. The summed E-state index contributed by atoms with van der Waals surface area (Å²) >= 11 is 0. The maximum atomic E-state index is 12.7. The molecule has 158 valence electrons. The second-order valence-corrected chi connectivity index (χ2v) is 7.44. The highest BCUT2D eigenvalue weighted by Gasteiger charge is 2.52. The van der Waals surface area contributed by atoms with Gasteiger partial charge in [0.15, 0.2) is 0 Å². The first-order valence-corrected chi connectivity index (χ1v) is 9.85. The molecule has 2 bridgehead atoms. The van der Waals surface area contributed by atoms with E-state index >= 15 is 0 Å². The van der Waals surface area contributed by atoms with E-state index in [-0.39, 0.29) is 23.0 Å². The van der Waals surface area contributed by atoms with Gasteiger partial charge in [-0.3, -0.25) is 9.59 Å². The monoisotopic (exact) mass is 420 g/mol. The number of hydrogen-bond donors (Lipinski definition) is 2. The Labute approximate surface area is 178 Å². The van der Waals surface area contributed by atoms with Gasteiger partial charge in [0.1, 0.15) is 0 Å². The quantitative estimate of drug-likeness (QED) is 0.580. The smallest absolute Gasteiger partial charge is 0.335 e. The van der Waals surface area contributed by atoms with Gasteiger partial charge in [-0.25, -0.2) is 9.59 Å². The van der Waals surface area contributed by atoms with Gasteiger partial charge >= 0.3 is 11.9 Å². The molecule has 1 saturated carbocycles. The van der Waals surface area contributed by atoms with Crippen LogP contribution >= 0.6 is 0 Å². The summed E-state index contributed by atoms with van der Waals surface area (Å²) in [5.41, 5.74) is 4.93. The summed E-state index contributed by atoms with van der Waals surface area (Å²) in [6.45, 7) is 0. The molecule has 31 heavy (non-hydrogen) atoms. The molecule has 0 aromatic heterocycles. The van der Waals surface area contributed by atoms with Gasteiger partial charge in [0.05, 0.1) is 23.0 Å². The van der Waals surface area contributed by atoms with E-state index in [1.165, 1.54) is 0 Å². The molecule has 2 N–H and O–H groups in total. The number of rotatable bonds is 4. The van der Waals surface area contributed by atoms with Crippen LogP contribution in [0.25, 0.3) is 0 Å². The number of hydroxylamine groups is 2. The molecule has 0 heterocycles. The van der Waals surface area contributed by atoms with E-state index in [2.05, 4.69) is 11.0 Å². The van der Waals surface area contributed by atoms with E-state index in [0.717, 1.165) is 0 Å². The van der Waals surface area contributed by atoms with Crippen LogP contribution in [0.2, 0.25) is 0 Å². The molecule has 2 aromatic rings. The highest BCUT2D eigenvalue weighted by molar-refractivity contribution is 5.93. The van der Waals surface area contributed by atoms with Crippen molar-refractivity contribution in [2.75, 3.05) is 0 Å². The van der Waals surface area contributed by atoms with E-state index in [1.807, 2.05) is 12.2 Å². The zero-order valence-corrected chi connectivity index (χ0v) is 16.4. The molecule has 0 aliphatic heterocycles. The Kier molecular flexibility index (Phi) is 5.79. The molecule has 4 rings (SSSR count). The highest BCUT2D eigenvalue weighted by atomic mass is 16.7. The van der Waals surface area contributed by atoms with Crippen LogP contribution in [-0.4, -0.2) is 23.8 Å². The number of carbonyl (C=O) groups excluding carboxylic acids is 4. The molecule has 2 aromatic carbocycles. The number of hydrogen-bond acceptors (Lipinski definition) is 6. The first kappa shape index (κ1) is 20.3. The van der Waals surface area contributed by atoms with Crippen molar-refractivity contribution in [3.05, 3.63) is 83.9 Å². The Bertz CT molecular complexity index is 939. The predicted octanol–water partition coefficient (Wildman–Crippen LogP) is 2.20. The summed E-state index contributed by atoms with van der Waals surface area (Å²) in [7, 11) is 0. The first-order valence-electron chi connectivity index (χ1n) is 9.85. The lowest BCUT2D eigenvalue weighted by Gasteiger charge is -2.25. The Hall–Kier alpha value is -3.94. The Morgan fingerprint density at radius 3 is 1.42 bits per heavy atom. The zero-order chi connectivity index (χ0) is 21.8. The minimum absolute atomic E-state index is 0.166. The molecular weight excluding hydrogens is 400 g/mol. The maximum absolute atomic E-state index is 12.7. The van der Waals surface area contributed by atoms with Gasteiger partial charge in [-0.05, 0) is 42.5 Å². The number of nitrogens with one attached hydrogen (secondary N) is 2. The fraction of sp³-hybridized carbons (Fsp3) is 0.217. The van der Waals surface area contributed by atoms with Crippen LogP contribution in [0.3, 0.4) is 0 Å². The van der Waals surface area contributed by atoms with Crippen molar-refractivity contribution in [2.45, 2.75) is 6.42 Å². The summed E-state index contributed by atoms with van der Waals surface area (Å²) in [6, 6.07) is 16.5. The van der Waals surface area contributed by atoms with E-state index in [9.17, 15) is 19.2 Å². The van der Waals surface area contributed by atoms with E-state index in [4.69, 9.17) is 9.68 Å². The van der Waals surface area contributed by atoms with Crippen LogP contribution in [0.15, 0.2) is 72.8 Å². The fourth-order valence-electron chi connectivity index (χ4n) is 4.13. The molecule has 2 aliphatic carbocycles. The van der Waals surface area contributed by atoms with Gasteiger partial charge in [0.2, 0.25) is 0 Å². The minimum atomic E-state index is -0.742. The summed E-state index contributed by atoms with van der Waals surface area (Å²) in [4.78, 5) is 59.4. The number of benzene rings is 2. The molecule has 0 radical (unpaired) electrons. The van der Waals surface area contributed by atoms with Crippen molar-refractivity contribution >= 4 is 23.8 Å². The van der Waals surface area contributed by atoms with Crippen LogP contribution in [-0.2, 0) is 19.3 Å². The van der Waals surface area contributed by atoms with Gasteiger partial charge in [0.25, 0.3) is 11.8 Å². The number of fused-ring (bicyclic) bond motifs is 2. The van der Waals surface area contributed by atoms with Crippen molar-refractivity contribution in [3.63, 3.8) is 0 Å². The largest absolute Gasteiger partial charge is 0.362 e. The third kappa shape index (κ3) is 4.32. The average molecular weight is 420 g/mol. The molecule has 4 atom stereocenters. The van der Waals surface area contributed by atoms with Gasteiger partial charge in [-0.2, -0.15) is 11.0 Å². The lowest BCUT2D eigenvalue weighted by Crippen LogP contribution is -2.45. The summed E-state index contributed by atoms with van der Waals surface area (Å²) in [6.07, 6.45) is 4.39. The number of amides is 2. The maximum Gasteiger partial charge on any atom is 0.362 e. The summed E-state index contributed by atoms with van der Waals surface area (Å²) < 4.78 is 0. The molecule has 0 spiro atoms. The van der Waals surface area contributed by atoms with E-state index in [0.29, 0.717) is 6.42 Å². The Balaban J connectivity index is 1.37. The normalized spacial score (nSPS) is 23.1. The lowest BCUT2D eigenvalue weighted by atomic mass is 9.82. The molecule has 0 unspecified atom stereocenters. The molecule has 2 amide bonds. The van der Waals surface area contributed by atoms with Crippen molar-refractivity contribution in [2.24, 2.45) is 23.7 Å². The van der Waals surface area contributed by atoms with Crippen molar-refractivity contribution in [1.29, 1.82) is 0 Å². The molecular formula is C23H20N2O6. The lowest BCUT2D eigenvalue weighted by molar-refractivity contribution is -0.145. The van der Waals surface area contributed by atoms with Gasteiger partial charge in [-0.15, -0.1) is 0 Å². The molecule has 1 fully saturated rings. The predicted molar refractivity (Wildman–Crippen MR) is 108 cm³/mol. The van der Waals surface area contributed by atoms with Crippen molar-refractivity contribution in [1.82, 2.24) is 11.0 Å². The SMILES string of the molecule is O=C(ONC(=O)[C@@H]1[C@@H](C(=O)NOC(=O)c2ccccc2)[C@H]2C=C[C@@H]1C2)c1ccccc1. The van der Waals surface area contributed by atoms with Crippen LogP contribution in [0.1, 0.15) is 27.1 Å². The average Bonchev–Trinajstić information content (AvgIpc) is 3.43. The van der Waals surface area contributed by atoms with Crippen LogP contribution in [0, 0.1) is 23.7 Å². The minimum Gasteiger partial charge on any atom is -0.335 e. The standard InChI is InChI=1S/C23H20N2O6/c26-20(24-30-22(28)14-7-3-1-4-8-14)18-16-11-12-17(13-16)19(18)21(27)25-31-23(29)15-9-5-2-6-10-15/h1-12,16-19H,13H2,(H,24,26)(H,25,27)/t16-,17+,18-,19-/m0/s1. The van der Waals surface area contributed by atoms with Crippen LogP contribution < -0.4 is 11.0 Å². The van der Waals surface area contributed by atoms with E-state index in [1.54, 1.807) is 60.7 Å². The van der Waals surface area contributed by atoms with Gasteiger partial charge < -0.3 is 9.68 Å². The van der Waals surface area contributed by atoms with Crippen LogP contribution in [0.5, 0.6) is 0 Å². The fourth-order valence-corrected chi connectivity index (χ4v) is 4.13. The number of carbonyl (C=O) groups is 4. The van der Waals surface area contributed by atoms with Gasteiger partial charge in [-0.1, -0.05) is 48.6 Å². The summed E-state index contributed by atoms with van der Waals surface area (Å²) in [5, 5.41) is 0. The van der Waals surface area contributed by atoms with Crippen LogP contribution in [0.4, 0.5) is 0 Å². The third-order valence-electron chi connectivity index (χ3n) is 5.57. The van der Waals surface area contributed by atoms with E-state index < -0.39 is 35.6 Å². The number of allylic oxidation sites excluding steroid dienone is 2. The molecule has 8 nitrogen and oxygen atoms in total. The molecule has 8 heteroatoms. The zero-order valence-electron chi connectivity index (χ0n) is 16.4. The second kappa shape index (κ2) is 8.83. The van der Waals surface area contributed by atoms with Crippen molar-refractivity contribution in [3.8, 4) is 0 Å².